The Labute approximate surface area is 137 Å². The van der Waals surface area contributed by atoms with E-state index in [1.165, 1.54) is 0 Å². The molecule has 0 saturated carbocycles. The molecule has 6 heteroatoms. The van der Waals surface area contributed by atoms with Crippen molar-refractivity contribution in [1.82, 2.24) is 10.2 Å². The zero-order valence-corrected chi connectivity index (χ0v) is 14.2. The maximum atomic E-state index is 13.0. The number of rotatable bonds is 7. The number of nitrogens with zero attached hydrogens (tertiary/aromatic N) is 1. The molecule has 0 radical (unpaired) electrons. The van der Waals surface area contributed by atoms with Crippen molar-refractivity contribution in [3.63, 3.8) is 0 Å². The standard InChI is InChI=1S/C17H26N2O4/c1-4-21-13-11-14(22-5-2)16(15(12-13)23-6-3)17(20)19-9-7-18-8-10-19/h11-12,18H,4-10H2,1-3H3. The summed E-state index contributed by atoms with van der Waals surface area (Å²) in [5.41, 5.74) is 0.485. The molecule has 1 amide bonds. The lowest BCUT2D eigenvalue weighted by atomic mass is 10.1. The highest BCUT2D eigenvalue weighted by atomic mass is 16.5. The van der Waals surface area contributed by atoms with E-state index in [-0.39, 0.29) is 5.91 Å². The average molecular weight is 322 g/mol. The van der Waals surface area contributed by atoms with Crippen LogP contribution >= 0.6 is 0 Å². The fourth-order valence-corrected chi connectivity index (χ4v) is 2.59. The van der Waals surface area contributed by atoms with Crippen LogP contribution < -0.4 is 19.5 Å². The van der Waals surface area contributed by atoms with Gasteiger partial charge < -0.3 is 24.4 Å². The molecule has 1 N–H and O–H groups in total. The van der Waals surface area contributed by atoms with Crippen molar-refractivity contribution in [3.05, 3.63) is 17.7 Å². The van der Waals surface area contributed by atoms with Crippen LogP contribution in [0.3, 0.4) is 0 Å². The zero-order valence-electron chi connectivity index (χ0n) is 14.2. The molecule has 1 heterocycles. The van der Waals surface area contributed by atoms with Gasteiger partial charge in [0.2, 0.25) is 0 Å². The van der Waals surface area contributed by atoms with Gasteiger partial charge in [-0.25, -0.2) is 0 Å². The van der Waals surface area contributed by atoms with Gasteiger partial charge in [0, 0.05) is 38.3 Å². The fourth-order valence-electron chi connectivity index (χ4n) is 2.59. The Balaban J connectivity index is 2.41. The maximum Gasteiger partial charge on any atom is 0.261 e. The molecule has 0 aromatic heterocycles. The lowest BCUT2D eigenvalue weighted by Crippen LogP contribution is -2.46. The fraction of sp³-hybridized carbons (Fsp3) is 0.588. The summed E-state index contributed by atoms with van der Waals surface area (Å²) in [5.74, 6) is 1.63. The molecule has 23 heavy (non-hydrogen) atoms. The van der Waals surface area contributed by atoms with Crippen LogP contribution in [0.5, 0.6) is 17.2 Å². The van der Waals surface area contributed by atoms with Crippen LogP contribution in [0.2, 0.25) is 0 Å². The largest absolute Gasteiger partial charge is 0.494 e. The van der Waals surface area contributed by atoms with Gasteiger partial charge in [0.05, 0.1) is 19.8 Å². The quantitative estimate of drug-likeness (QED) is 0.831. The second-order valence-electron chi connectivity index (χ2n) is 5.14. The lowest BCUT2D eigenvalue weighted by molar-refractivity contribution is 0.0727. The first-order valence-corrected chi connectivity index (χ1v) is 8.27. The molecule has 1 aromatic rings. The summed E-state index contributed by atoms with van der Waals surface area (Å²) >= 11 is 0. The third-order valence-electron chi connectivity index (χ3n) is 3.57. The van der Waals surface area contributed by atoms with E-state index >= 15 is 0 Å². The highest BCUT2D eigenvalue weighted by Crippen LogP contribution is 2.35. The molecule has 1 aliphatic heterocycles. The van der Waals surface area contributed by atoms with Crippen molar-refractivity contribution < 1.29 is 19.0 Å². The Kier molecular flexibility index (Phi) is 6.52. The first kappa shape index (κ1) is 17.4. The summed E-state index contributed by atoms with van der Waals surface area (Å²) in [6.45, 7) is 10.2. The number of amides is 1. The smallest absolute Gasteiger partial charge is 0.261 e. The Morgan fingerprint density at radius 2 is 1.52 bits per heavy atom. The molecule has 0 atom stereocenters. The summed E-state index contributed by atoms with van der Waals surface area (Å²) in [4.78, 5) is 14.8. The minimum Gasteiger partial charge on any atom is -0.494 e. The SMILES string of the molecule is CCOc1cc(OCC)c(C(=O)N2CCNCC2)c(OCC)c1. The van der Waals surface area contributed by atoms with Gasteiger partial charge in [-0.05, 0) is 20.8 Å². The van der Waals surface area contributed by atoms with Gasteiger partial charge >= 0.3 is 0 Å². The summed E-state index contributed by atoms with van der Waals surface area (Å²) in [6.07, 6.45) is 0. The third-order valence-corrected chi connectivity index (χ3v) is 3.57. The van der Waals surface area contributed by atoms with Crippen LogP contribution in [-0.2, 0) is 0 Å². The van der Waals surface area contributed by atoms with E-state index < -0.39 is 0 Å². The summed E-state index contributed by atoms with van der Waals surface area (Å²) in [7, 11) is 0. The summed E-state index contributed by atoms with van der Waals surface area (Å²) in [6, 6.07) is 3.54. The molecular weight excluding hydrogens is 296 g/mol. The molecule has 1 aromatic carbocycles. The van der Waals surface area contributed by atoms with E-state index in [2.05, 4.69) is 5.32 Å². The molecule has 0 bridgehead atoms. The Morgan fingerprint density at radius 1 is 1.00 bits per heavy atom. The average Bonchev–Trinajstić information content (AvgIpc) is 2.56. The minimum atomic E-state index is -0.0542. The van der Waals surface area contributed by atoms with Crippen LogP contribution in [0, 0.1) is 0 Å². The number of nitrogens with one attached hydrogen (secondary N) is 1. The number of carbonyl (C=O) groups is 1. The number of ether oxygens (including phenoxy) is 3. The minimum absolute atomic E-state index is 0.0542. The van der Waals surface area contributed by atoms with Gasteiger partial charge in [-0.2, -0.15) is 0 Å². The second-order valence-corrected chi connectivity index (χ2v) is 5.14. The first-order chi connectivity index (χ1) is 11.2. The number of hydrogen-bond donors (Lipinski definition) is 1. The van der Waals surface area contributed by atoms with Crippen molar-refractivity contribution in [2.75, 3.05) is 46.0 Å². The first-order valence-electron chi connectivity index (χ1n) is 8.27. The van der Waals surface area contributed by atoms with Crippen LogP contribution in [0.25, 0.3) is 0 Å². The second kappa shape index (κ2) is 8.62. The van der Waals surface area contributed by atoms with E-state index in [4.69, 9.17) is 14.2 Å². The van der Waals surface area contributed by atoms with Crippen molar-refractivity contribution in [2.24, 2.45) is 0 Å². The van der Waals surface area contributed by atoms with Gasteiger partial charge in [-0.15, -0.1) is 0 Å². The maximum absolute atomic E-state index is 13.0. The van der Waals surface area contributed by atoms with Crippen molar-refractivity contribution in [3.8, 4) is 17.2 Å². The van der Waals surface area contributed by atoms with E-state index in [0.29, 0.717) is 55.7 Å². The van der Waals surface area contributed by atoms with Gasteiger partial charge in [0.25, 0.3) is 5.91 Å². The topological polar surface area (TPSA) is 60.0 Å². The van der Waals surface area contributed by atoms with Crippen molar-refractivity contribution >= 4 is 5.91 Å². The highest BCUT2D eigenvalue weighted by molar-refractivity contribution is 6.00. The van der Waals surface area contributed by atoms with E-state index in [9.17, 15) is 4.79 Å². The lowest BCUT2D eigenvalue weighted by Gasteiger charge is -2.29. The molecule has 0 aliphatic carbocycles. The molecule has 128 valence electrons. The molecule has 2 rings (SSSR count). The van der Waals surface area contributed by atoms with Gasteiger partial charge in [-0.3, -0.25) is 4.79 Å². The van der Waals surface area contributed by atoms with Crippen LogP contribution in [-0.4, -0.2) is 56.8 Å². The van der Waals surface area contributed by atoms with Crippen molar-refractivity contribution in [2.45, 2.75) is 20.8 Å². The third kappa shape index (κ3) is 4.28. The van der Waals surface area contributed by atoms with Crippen LogP contribution in [0.15, 0.2) is 12.1 Å². The van der Waals surface area contributed by atoms with Crippen molar-refractivity contribution in [1.29, 1.82) is 0 Å². The molecule has 1 aliphatic rings. The van der Waals surface area contributed by atoms with Gasteiger partial charge in [-0.1, -0.05) is 0 Å². The number of benzene rings is 1. The summed E-state index contributed by atoms with van der Waals surface area (Å²) in [5, 5.41) is 3.25. The van der Waals surface area contributed by atoms with Gasteiger partial charge in [0.15, 0.2) is 0 Å². The number of hydrogen-bond acceptors (Lipinski definition) is 5. The molecule has 0 spiro atoms. The predicted octanol–water partition coefficient (Wildman–Crippen LogP) is 1.93. The molecular formula is C17H26N2O4. The van der Waals surface area contributed by atoms with E-state index in [1.807, 2.05) is 25.7 Å². The molecule has 6 nitrogen and oxygen atoms in total. The van der Waals surface area contributed by atoms with E-state index in [1.54, 1.807) is 12.1 Å². The summed E-state index contributed by atoms with van der Waals surface area (Å²) < 4.78 is 17.0. The molecule has 1 saturated heterocycles. The Hall–Kier alpha value is -1.95. The molecule has 0 unspecified atom stereocenters. The number of piperazine rings is 1. The zero-order chi connectivity index (χ0) is 16.7. The monoisotopic (exact) mass is 322 g/mol. The number of carbonyl (C=O) groups excluding carboxylic acids is 1. The van der Waals surface area contributed by atoms with Crippen LogP contribution in [0.4, 0.5) is 0 Å². The van der Waals surface area contributed by atoms with E-state index in [0.717, 1.165) is 13.1 Å². The van der Waals surface area contributed by atoms with Crippen LogP contribution in [0.1, 0.15) is 31.1 Å². The molecule has 1 fully saturated rings. The predicted molar refractivity (Wildman–Crippen MR) is 88.7 cm³/mol. The Bertz CT molecular complexity index is 500. The normalized spacial score (nSPS) is 14.5. The van der Waals surface area contributed by atoms with Gasteiger partial charge in [0.1, 0.15) is 22.8 Å². The highest BCUT2D eigenvalue weighted by Gasteiger charge is 2.26. The Morgan fingerprint density at radius 3 is 2.00 bits per heavy atom.